The first-order valence-electron chi connectivity index (χ1n) is 4.72. The van der Waals surface area contributed by atoms with Gasteiger partial charge in [0.2, 0.25) is 0 Å². The number of carbonyl (C=O) groups excluding carboxylic acids is 1. The van der Waals surface area contributed by atoms with Crippen LogP contribution in [-0.2, 0) is 4.74 Å². The molecule has 0 aliphatic heterocycles. The molecule has 0 amide bonds. The number of benzene rings is 1. The normalized spacial score (nSPS) is 16.1. The molecule has 1 aliphatic carbocycles. The van der Waals surface area contributed by atoms with Gasteiger partial charge in [0, 0.05) is 5.02 Å². The highest BCUT2D eigenvalue weighted by molar-refractivity contribution is 6.30. The first-order chi connectivity index (χ1) is 6.75. The monoisotopic (exact) mass is 210 g/mol. The number of hydrogen-bond acceptors (Lipinski definition) is 2. The molecule has 0 unspecified atom stereocenters. The Bertz CT molecular complexity index is 328. The molecule has 0 spiro atoms. The van der Waals surface area contributed by atoms with Crippen LogP contribution >= 0.6 is 11.6 Å². The van der Waals surface area contributed by atoms with Crippen LogP contribution in [0.4, 0.5) is 0 Å². The van der Waals surface area contributed by atoms with Gasteiger partial charge in [0.15, 0.2) is 0 Å². The van der Waals surface area contributed by atoms with Crippen molar-refractivity contribution >= 4 is 17.6 Å². The van der Waals surface area contributed by atoms with Crippen LogP contribution in [0.5, 0.6) is 0 Å². The quantitative estimate of drug-likeness (QED) is 0.702. The van der Waals surface area contributed by atoms with E-state index >= 15 is 0 Å². The Morgan fingerprint density at radius 2 is 1.93 bits per heavy atom. The number of hydrogen-bond donors (Lipinski definition) is 0. The van der Waals surface area contributed by atoms with Crippen molar-refractivity contribution in [1.82, 2.24) is 0 Å². The van der Waals surface area contributed by atoms with E-state index in [-0.39, 0.29) is 12.1 Å². The summed E-state index contributed by atoms with van der Waals surface area (Å²) in [5, 5.41) is 0.630. The summed E-state index contributed by atoms with van der Waals surface area (Å²) >= 11 is 5.71. The molecule has 3 heteroatoms. The van der Waals surface area contributed by atoms with Crippen LogP contribution in [0.25, 0.3) is 0 Å². The zero-order valence-corrected chi connectivity index (χ0v) is 8.46. The Morgan fingerprint density at radius 1 is 1.29 bits per heavy atom. The molecule has 0 saturated heterocycles. The zero-order chi connectivity index (χ0) is 9.97. The van der Waals surface area contributed by atoms with Crippen molar-refractivity contribution in [2.75, 3.05) is 0 Å². The highest BCUT2D eigenvalue weighted by Gasteiger charge is 2.22. The molecule has 0 aromatic heterocycles. The Hall–Kier alpha value is -1.02. The van der Waals surface area contributed by atoms with Gasteiger partial charge in [-0.25, -0.2) is 4.79 Å². The van der Waals surface area contributed by atoms with E-state index in [1.807, 2.05) is 0 Å². The van der Waals surface area contributed by atoms with E-state index in [9.17, 15) is 4.79 Å². The van der Waals surface area contributed by atoms with E-state index in [1.165, 1.54) is 6.42 Å². The lowest BCUT2D eigenvalue weighted by atomic mass is 9.96. The first-order valence-corrected chi connectivity index (χ1v) is 5.10. The molecule has 2 rings (SSSR count). The van der Waals surface area contributed by atoms with Gasteiger partial charge in [0.1, 0.15) is 6.10 Å². The number of rotatable bonds is 2. The average molecular weight is 211 g/mol. The summed E-state index contributed by atoms with van der Waals surface area (Å²) in [6, 6.07) is 6.75. The maximum atomic E-state index is 11.5. The van der Waals surface area contributed by atoms with Crippen LogP contribution in [0.3, 0.4) is 0 Å². The molecule has 0 atom stereocenters. The van der Waals surface area contributed by atoms with Crippen LogP contribution in [0, 0.1) is 0 Å². The van der Waals surface area contributed by atoms with E-state index in [0.717, 1.165) is 12.8 Å². The fraction of sp³-hybridized carbons (Fsp3) is 0.364. The number of esters is 1. The van der Waals surface area contributed by atoms with Gasteiger partial charge in [0.05, 0.1) is 5.56 Å². The Balaban J connectivity index is 1.99. The van der Waals surface area contributed by atoms with Crippen molar-refractivity contribution in [1.29, 1.82) is 0 Å². The topological polar surface area (TPSA) is 26.3 Å². The van der Waals surface area contributed by atoms with Gasteiger partial charge in [-0.1, -0.05) is 11.6 Å². The van der Waals surface area contributed by atoms with Crippen molar-refractivity contribution in [2.24, 2.45) is 0 Å². The zero-order valence-electron chi connectivity index (χ0n) is 7.70. The molecule has 1 saturated carbocycles. The van der Waals surface area contributed by atoms with Gasteiger partial charge in [-0.2, -0.15) is 0 Å². The van der Waals surface area contributed by atoms with Crippen molar-refractivity contribution in [3.63, 3.8) is 0 Å². The third-order valence-electron chi connectivity index (χ3n) is 2.41. The molecule has 14 heavy (non-hydrogen) atoms. The summed E-state index contributed by atoms with van der Waals surface area (Å²) in [5.74, 6) is -0.244. The number of carbonyl (C=O) groups is 1. The molecule has 1 aromatic rings. The SMILES string of the molecule is O=C(OC1CCC1)c1ccc(Cl)cc1. The third-order valence-corrected chi connectivity index (χ3v) is 2.66. The molecule has 1 aliphatic rings. The molecule has 2 nitrogen and oxygen atoms in total. The first kappa shape index (κ1) is 9.53. The standard InChI is InChI=1S/C11H11ClO2/c12-9-6-4-8(5-7-9)11(13)14-10-2-1-3-10/h4-7,10H,1-3H2. The van der Waals surface area contributed by atoms with Crippen LogP contribution in [0.15, 0.2) is 24.3 Å². The average Bonchev–Trinajstić information content (AvgIpc) is 2.12. The van der Waals surface area contributed by atoms with E-state index in [2.05, 4.69) is 0 Å². The fourth-order valence-corrected chi connectivity index (χ4v) is 1.42. The molecular formula is C11H11ClO2. The molecule has 0 N–H and O–H groups in total. The van der Waals surface area contributed by atoms with E-state index in [1.54, 1.807) is 24.3 Å². The second kappa shape index (κ2) is 4.01. The second-order valence-electron chi connectivity index (χ2n) is 3.47. The Kier molecular flexibility index (Phi) is 2.73. The van der Waals surface area contributed by atoms with Gasteiger partial charge in [0.25, 0.3) is 0 Å². The number of ether oxygens (including phenoxy) is 1. The Labute approximate surface area is 87.8 Å². The molecule has 0 radical (unpaired) electrons. The van der Waals surface area contributed by atoms with Crippen molar-refractivity contribution in [3.8, 4) is 0 Å². The van der Waals surface area contributed by atoms with Crippen molar-refractivity contribution < 1.29 is 9.53 Å². The largest absolute Gasteiger partial charge is 0.459 e. The second-order valence-corrected chi connectivity index (χ2v) is 3.90. The fourth-order valence-electron chi connectivity index (χ4n) is 1.29. The van der Waals surface area contributed by atoms with E-state index < -0.39 is 0 Å². The Morgan fingerprint density at radius 3 is 2.43 bits per heavy atom. The lowest BCUT2D eigenvalue weighted by Crippen LogP contribution is -2.24. The van der Waals surface area contributed by atoms with Crippen LogP contribution in [-0.4, -0.2) is 12.1 Å². The van der Waals surface area contributed by atoms with Crippen molar-refractivity contribution in [3.05, 3.63) is 34.9 Å². The van der Waals surface area contributed by atoms with Gasteiger partial charge in [-0.3, -0.25) is 0 Å². The summed E-state index contributed by atoms with van der Waals surface area (Å²) in [6.45, 7) is 0. The summed E-state index contributed by atoms with van der Waals surface area (Å²) in [7, 11) is 0. The lowest BCUT2D eigenvalue weighted by Gasteiger charge is -2.25. The smallest absolute Gasteiger partial charge is 0.338 e. The maximum absolute atomic E-state index is 11.5. The lowest BCUT2D eigenvalue weighted by molar-refractivity contribution is 0.00901. The summed E-state index contributed by atoms with van der Waals surface area (Å²) in [4.78, 5) is 11.5. The maximum Gasteiger partial charge on any atom is 0.338 e. The van der Waals surface area contributed by atoms with Gasteiger partial charge in [-0.05, 0) is 43.5 Å². The van der Waals surface area contributed by atoms with Gasteiger partial charge >= 0.3 is 5.97 Å². The molecule has 74 valence electrons. The predicted molar refractivity (Wildman–Crippen MR) is 54.5 cm³/mol. The molecular weight excluding hydrogens is 200 g/mol. The highest BCUT2D eigenvalue weighted by Crippen LogP contribution is 2.23. The van der Waals surface area contributed by atoms with Crippen LogP contribution in [0.2, 0.25) is 5.02 Å². The molecule has 1 aromatic carbocycles. The minimum absolute atomic E-state index is 0.137. The number of halogens is 1. The minimum Gasteiger partial charge on any atom is -0.459 e. The summed E-state index contributed by atoms with van der Waals surface area (Å²) in [5.41, 5.74) is 0.571. The van der Waals surface area contributed by atoms with Crippen LogP contribution in [0.1, 0.15) is 29.6 Å². The minimum atomic E-state index is -0.244. The van der Waals surface area contributed by atoms with Gasteiger partial charge in [-0.15, -0.1) is 0 Å². The molecule has 0 heterocycles. The third kappa shape index (κ3) is 2.07. The molecule has 0 bridgehead atoms. The highest BCUT2D eigenvalue weighted by atomic mass is 35.5. The molecule has 1 fully saturated rings. The predicted octanol–water partition coefficient (Wildman–Crippen LogP) is 3.05. The van der Waals surface area contributed by atoms with E-state index in [4.69, 9.17) is 16.3 Å². The van der Waals surface area contributed by atoms with E-state index in [0.29, 0.717) is 10.6 Å². The summed E-state index contributed by atoms with van der Waals surface area (Å²) < 4.78 is 5.23. The summed E-state index contributed by atoms with van der Waals surface area (Å²) in [6.07, 6.45) is 3.30. The van der Waals surface area contributed by atoms with Crippen LogP contribution < -0.4 is 0 Å². The van der Waals surface area contributed by atoms with Crippen molar-refractivity contribution in [2.45, 2.75) is 25.4 Å². The van der Waals surface area contributed by atoms with Gasteiger partial charge < -0.3 is 4.74 Å².